The minimum absolute atomic E-state index is 0.0334. The van der Waals surface area contributed by atoms with Crippen LogP contribution in [0.3, 0.4) is 0 Å². The van der Waals surface area contributed by atoms with Crippen LogP contribution >= 0.6 is 11.3 Å². The van der Waals surface area contributed by atoms with Crippen molar-refractivity contribution in [2.45, 2.75) is 18.1 Å². The molecule has 0 unspecified atom stereocenters. The largest absolute Gasteiger partial charge is 0.358 e. The van der Waals surface area contributed by atoms with Gasteiger partial charge in [-0.1, -0.05) is 11.3 Å². The molecule has 0 saturated carbocycles. The number of nitrogens with zero attached hydrogens (tertiary/aromatic N) is 2. The second kappa shape index (κ2) is 5.01. The number of hydrogen-bond acceptors (Lipinski definition) is 6. The Hall–Kier alpha value is -1.15. The topological polar surface area (TPSA) is 80.5 Å². The quantitative estimate of drug-likeness (QED) is 0.607. The number of hydrogen-bond donors (Lipinski definition) is 0. The van der Waals surface area contributed by atoms with Gasteiger partial charge in [-0.25, -0.2) is 8.42 Å². The van der Waals surface area contributed by atoms with Crippen LogP contribution in [0.2, 0.25) is 0 Å². The van der Waals surface area contributed by atoms with E-state index >= 15 is 0 Å². The third-order valence-corrected chi connectivity index (χ3v) is 5.27. The zero-order chi connectivity index (χ0) is 13.2. The Labute approximate surface area is 104 Å². The summed E-state index contributed by atoms with van der Waals surface area (Å²) in [4.78, 5) is 12.1. The van der Waals surface area contributed by atoms with Gasteiger partial charge in [0.05, 0.1) is 4.92 Å². The fourth-order valence-corrected chi connectivity index (χ4v) is 3.56. The lowest BCUT2D eigenvalue weighted by molar-refractivity contribution is -0.383. The van der Waals surface area contributed by atoms with Gasteiger partial charge in [0.25, 0.3) is 0 Å². The molecule has 96 valence electrons. The number of thiophene rings is 1. The average Bonchev–Trinajstić information content (AvgIpc) is 2.64. The summed E-state index contributed by atoms with van der Waals surface area (Å²) in [6.45, 7) is 4.93. The van der Waals surface area contributed by atoms with Crippen molar-refractivity contribution in [1.29, 1.82) is 0 Å². The van der Waals surface area contributed by atoms with E-state index in [1.807, 2.05) is 13.8 Å². The van der Waals surface area contributed by atoms with Crippen molar-refractivity contribution in [1.82, 2.24) is 0 Å². The molecule has 0 fully saturated rings. The molecule has 8 heteroatoms. The second-order valence-electron chi connectivity index (χ2n) is 3.46. The van der Waals surface area contributed by atoms with Gasteiger partial charge in [0.1, 0.15) is 4.21 Å². The third-order valence-electron chi connectivity index (χ3n) is 2.28. The Balaban J connectivity index is 3.38. The zero-order valence-corrected chi connectivity index (χ0v) is 11.5. The van der Waals surface area contributed by atoms with Crippen molar-refractivity contribution in [3.63, 3.8) is 0 Å². The Morgan fingerprint density at radius 3 is 2.29 bits per heavy atom. The van der Waals surface area contributed by atoms with Crippen LogP contribution in [0, 0.1) is 10.1 Å². The summed E-state index contributed by atoms with van der Waals surface area (Å²) in [5, 5.41) is 11.3. The van der Waals surface area contributed by atoms with Crippen molar-refractivity contribution in [3.8, 4) is 0 Å². The van der Waals surface area contributed by atoms with Gasteiger partial charge in [0, 0.05) is 25.4 Å². The Kier molecular flexibility index (Phi) is 4.10. The highest BCUT2D eigenvalue weighted by molar-refractivity contribution is 7.92. The minimum Gasteiger partial charge on any atom is -0.358 e. The fraction of sp³-hybridized carbons (Fsp3) is 0.556. The molecule has 1 aromatic heterocycles. The number of anilines is 1. The van der Waals surface area contributed by atoms with Crippen LogP contribution in [0.5, 0.6) is 0 Å². The smallest absolute Gasteiger partial charge is 0.305 e. The van der Waals surface area contributed by atoms with Crippen LogP contribution in [-0.2, 0) is 9.84 Å². The highest BCUT2D eigenvalue weighted by atomic mass is 32.2. The molecule has 0 aliphatic rings. The normalized spacial score (nSPS) is 11.5. The van der Waals surface area contributed by atoms with Gasteiger partial charge >= 0.3 is 5.69 Å². The van der Waals surface area contributed by atoms with Gasteiger partial charge in [-0.2, -0.15) is 0 Å². The maximum atomic E-state index is 11.4. The van der Waals surface area contributed by atoms with Crippen molar-refractivity contribution in [2.75, 3.05) is 24.2 Å². The summed E-state index contributed by atoms with van der Waals surface area (Å²) in [7, 11) is -3.40. The van der Waals surface area contributed by atoms with Crippen LogP contribution in [0.15, 0.2) is 10.3 Å². The minimum atomic E-state index is -3.40. The Morgan fingerprint density at radius 1 is 1.41 bits per heavy atom. The fourth-order valence-electron chi connectivity index (χ4n) is 1.40. The van der Waals surface area contributed by atoms with Crippen LogP contribution < -0.4 is 4.90 Å². The predicted molar refractivity (Wildman–Crippen MR) is 67.6 cm³/mol. The molecule has 0 N–H and O–H groups in total. The molecule has 0 amide bonds. The van der Waals surface area contributed by atoms with Crippen LogP contribution in [0.4, 0.5) is 10.7 Å². The molecule has 1 heterocycles. The van der Waals surface area contributed by atoms with E-state index < -0.39 is 14.8 Å². The molecule has 0 radical (unpaired) electrons. The molecule has 6 nitrogen and oxygen atoms in total. The van der Waals surface area contributed by atoms with Crippen LogP contribution in [-0.4, -0.2) is 32.7 Å². The molecule has 1 rings (SSSR count). The number of sulfone groups is 1. The molecule has 0 aromatic carbocycles. The molecule has 0 spiro atoms. The van der Waals surface area contributed by atoms with E-state index in [1.165, 1.54) is 0 Å². The Bertz CT molecular complexity index is 517. The van der Waals surface area contributed by atoms with E-state index in [0.717, 1.165) is 23.7 Å². The summed E-state index contributed by atoms with van der Waals surface area (Å²) < 4.78 is 22.8. The molecule has 1 aromatic rings. The van der Waals surface area contributed by atoms with E-state index in [1.54, 1.807) is 4.90 Å². The van der Waals surface area contributed by atoms with E-state index in [4.69, 9.17) is 0 Å². The summed E-state index contributed by atoms with van der Waals surface area (Å²) in [5.41, 5.74) is -0.140. The molecule has 0 saturated heterocycles. The van der Waals surface area contributed by atoms with Gasteiger partial charge in [-0.3, -0.25) is 10.1 Å². The molecular weight excluding hydrogens is 264 g/mol. The van der Waals surface area contributed by atoms with Crippen molar-refractivity contribution in [2.24, 2.45) is 0 Å². The zero-order valence-electron chi connectivity index (χ0n) is 9.84. The number of nitro groups is 1. The van der Waals surface area contributed by atoms with Gasteiger partial charge in [-0.15, -0.1) is 0 Å². The van der Waals surface area contributed by atoms with Gasteiger partial charge < -0.3 is 4.90 Å². The number of rotatable bonds is 5. The standard InChI is InChI=1S/C9H14N2O4S2/c1-4-10(5-2)9-7(11(12)13)6-8(16-9)17(3,14)15/h6H,4-5H2,1-3H3. The molecular formula is C9H14N2O4S2. The lowest BCUT2D eigenvalue weighted by Gasteiger charge is -2.17. The van der Waals surface area contributed by atoms with Crippen molar-refractivity contribution < 1.29 is 13.3 Å². The summed E-state index contributed by atoms with van der Waals surface area (Å²) in [6.07, 6.45) is 1.05. The summed E-state index contributed by atoms with van der Waals surface area (Å²) in [5.74, 6) is 0. The van der Waals surface area contributed by atoms with Gasteiger partial charge in [-0.05, 0) is 13.8 Å². The van der Waals surface area contributed by atoms with E-state index in [0.29, 0.717) is 18.1 Å². The maximum Gasteiger partial charge on any atom is 0.305 e. The van der Waals surface area contributed by atoms with Crippen LogP contribution in [0.25, 0.3) is 0 Å². The van der Waals surface area contributed by atoms with E-state index in [2.05, 4.69) is 0 Å². The summed E-state index contributed by atoms with van der Waals surface area (Å²) >= 11 is 0.948. The maximum absolute atomic E-state index is 11.4. The first-order chi connectivity index (χ1) is 7.81. The average molecular weight is 278 g/mol. The first-order valence-electron chi connectivity index (χ1n) is 5.04. The molecule has 17 heavy (non-hydrogen) atoms. The van der Waals surface area contributed by atoms with E-state index in [9.17, 15) is 18.5 Å². The van der Waals surface area contributed by atoms with E-state index in [-0.39, 0.29) is 9.90 Å². The Morgan fingerprint density at radius 2 is 1.94 bits per heavy atom. The predicted octanol–water partition coefficient (Wildman–Crippen LogP) is 1.91. The van der Waals surface area contributed by atoms with Crippen LogP contribution in [0.1, 0.15) is 13.8 Å². The highest BCUT2D eigenvalue weighted by Crippen LogP contribution is 2.39. The van der Waals surface area contributed by atoms with Gasteiger partial charge in [0.15, 0.2) is 14.8 Å². The molecule has 0 aliphatic carbocycles. The molecule has 0 atom stereocenters. The lowest BCUT2D eigenvalue weighted by Crippen LogP contribution is -2.21. The van der Waals surface area contributed by atoms with Gasteiger partial charge in [0.2, 0.25) is 0 Å². The lowest BCUT2D eigenvalue weighted by atomic mass is 10.4. The highest BCUT2D eigenvalue weighted by Gasteiger charge is 2.26. The third kappa shape index (κ3) is 2.95. The molecule has 0 bridgehead atoms. The second-order valence-corrected chi connectivity index (χ2v) is 6.73. The SMILES string of the molecule is CCN(CC)c1sc(S(C)(=O)=O)cc1[N+](=O)[O-]. The van der Waals surface area contributed by atoms with Crippen molar-refractivity contribution in [3.05, 3.63) is 16.2 Å². The first-order valence-corrected chi connectivity index (χ1v) is 7.75. The summed E-state index contributed by atoms with van der Waals surface area (Å²) in [6, 6.07) is 1.13. The first kappa shape index (κ1) is 13.9. The van der Waals surface area contributed by atoms with Crippen molar-refractivity contribution >= 4 is 31.9 Å². The monoisotopic (exact) mass is 278 g/mol. The molecule has 0 aliphatic heterocycles.